The van der Waals surface area contributed by atoms with E-state index >= 15 is 0 Å². The highest BCUT2D eigenvalue weighted by atomic mass is 16.1. The molecule has 0 bridgehead atoms. The van der Waals surface area contributed by atoms with Crippen LogP contribution in [0.2, 0.25) is 0 Å². The van der Waals surface area contributed by atoms with Crippen LogP contribution in [0.25, 0.3) is 11.0 Å². The van der Waals surface area contributed by atoms with Crippen molar-refractivity contribution in [3.8, 4) is 0 Å². The summed E-state index contributed by atoms with van der Waals surface area (Å²) in [6, 6.07) is 11.8. The second-order valence-corrected chi connectivity index (χ2v) is 6.88. The lowest BCUT2D eigenvalue weighted by Crippen LogP contribution is -2.40. The molecule has 3 aromatic rings. The number of carbonyl (C=O) groups excluding carboxylic acids is 1. The number of para-hydroxylation sites is 2. The van der Waals surface area contributed by atoms with Gasteiger partial charge in [-0.3, -0.25) is 14.7 Å². The largest absolute Gasteiger partial charge is 0.330 e. The number of likely N-dealkylation sites (tertiary alicyclic amines) is 1. The number of hydrogen-bond donors (Lipinski definition) is 1. The average Bonchev–Trinajstić information content (AvgIpc) is 2.99. The molecule has 1 fully saturated rings. The van der Waals surface area contributed by atoms with Crippen molar-refractivity contribution in [1.29, 1.82) is 0 Å². The number of fused-ring (bicyclic) bond motifs is 1. The summed E-state index contributed by atoms with van der Waals surface area (Å²) in [4.78, 5) is 23.7. The van der Waals surface area contributed by atoms with Crippen molar-refractivity contribution < 1.29 is 4.79 Å². The minimum atomic E-state index is 0.00611. The number of hydrogen-bond acceptors (Lipinski definition) is 4. The van der Waals surface area contributed by atoms with E-state index < -0.39 is 0 Å². The van der Waals surface area contributed by atoms with Gasteiger partial charge in [-0.15, -0.1) is 0 Å². The van der Waals surface area contributed by atoms with Gasteiger partial charge in [-0.2, -0.15) is 0 Å². The highest BCUT2D eigenvalue weighted by Gasteiger charge is 2.26. The van der Waals surface area contributed by atoms with E-state index in [0.29, 0.717) is 0 Å². The number of piperidine rings is 1. The fourth-order valence-corrected chi connectivity index (χ4v) is 3.63. The molecule has 1 amide bonds. The molecule has 1 saturated heterocycles. The molecule has 6 heteroatoms. The maximum absolute atomic E-state index is 12.6. The fraction of sp³-hybridized carbons (Fsp3) is 0.350. The van der Waals surface area contributed by atoms with Crippen LogP contribution in [0.4, 0.5) is 5.69 Å². The van der Waals surface area contributed by atoms with Gasteiger partial charge in [0, 0.05) is 31.7 Å². The van der Waals surface area contributed by atoms with Gasteiger partial charge < -0.3 is 9.88 Å². The maximum atomic E-state index is 12.6. The summed E-state index contributed by atoms with van der Waals surface area (Å²) < 4.78 is 2.15. The number of rotatable bonds is 4. The fourth-order valence-electron chi connectivity index (χ4n) is 3.63. The quantitative estimate of drug-likeness (QED) is 0.787. The summed E-state index contributed by atoms with van der Waals surface area (Å²) in [5.41, 5.74) is 2.97. The molecule has 4 rings (SSSR count). The van der Waals surface area contributed by atoms with Crippen molar-refractivity contribution in [3.63, 3.8) is 0 Å². The monoisotopic (exact) mass is 349 g/mol. The van der Waals surface area contributed by atoms with Gasteiger partial charge >= 0.3 is 0 Å². The number of benzene rings is 1. The number of nitrogens with zero attached hydrogens (tertiary/aromatic N) is 4. The lowest BCUT2D eigenvalue weighted by Gasteiger charge is -2.31. The van der Waals surface area contributed by atoms with Crippen LogP contribution in [-0.2, 0) is 18.4 Å². The van der Waals surface area contributed by atoms with Crippen LogP contribution in [0.5, 0.6) is 0 Å². The molecule has 6 nitrogen and oxygen atoms in total. The molecule has 3 heterocycles. The van der Waals surface area contributed by atoms with Crippen molar-refractivity contribution in [2.75, 3.05) is 18.4 Å². The Balaban J connectivity index is 1.43. The zero-order valence-electron chi connectivity index (χ0n) is 14.9. The van der Waals surface area contributed by atoms with Crippen LogP contribution in [0.3, 0.4) is 0 Å². The Morgan fingerprint density at radius 3 is 2.85 bits per heavy atom. The molecule has 26 heavy (non-hydrogen) atoms. The summed E-state index contributed by atoms with van der Waals surface area (Å²) in [6.45, 7) is 2.53. The minimum absolute atomic E-state index is 0.00611. The Hall–Kier alpha value is -2.73. The van der Waals surface area contributed by atoms with E-state index in [4.69, 9.17) is 4.98 Å². The maximum Gasteiger partial charge on any atom is 0.228 e. The predicted molar refractivity (Wildman–Crippen MR) is 102 cm³/mol. The number of nitrogens with one attached hydrogen (secondary N) is 1. The first kappa shape index (κ1) is 16.7. The van der Waals surface area contributed by atoms with Gasteiger partial charge in [0.1, 0.15) is 5.82 Å². The molecule has 0 aliphatic carbocycles. The normalized spacial score (nSPS) is 18.1. The Morgan fingerprint density at radius 1 is 1.23 bits per heavy atom. The molecule has 1 aliphatic heterocycles. The van der Waals surface area contributed by atoms with E-state index in [2.05, 4.69) is 32.9 Å². The van der Waals surface area contributed by atoms with Crippen LogP contribution in [0.15, 0.2) is 48.8 Å². The number of aryl methyl sites for hydroxylation is 1. The van der Waals surface area contributed by atoms with Gasteiger partial charge in [0.05, 0.1) is 23.5 Å². The van der Waals surface area contributed by atoms with Crippen LogP contribution in [0.1, 0.15) is 18.7 Å². The van der Waals surface area contributed by atoms with E-state index in [0.717, 1.165) is 55.0 Å². The third kappa shape index (κ3) is 3.46. The third-order valence-corrected chi connectivity index (χ3v) is 5.07. The predicted octanol–water partition coefficient (Wildman–Crippen LogP) is 2.82. The number of anilines is 1. The van der Waals surface area contributed by atoms with Crippen LogP contribution in [-0.4, -0.2) is 38.4 Å². The summed E-state index contributed by atoms with van der Waals surface area (Å²) in [5, 5.41) is 3.00. The zero-order valence-corrected chi connectivity index (χ0v) is 14.9. The number of amides is 1. The SMILES string of the molecule is Cn1c(CN2CCC[C@@H](C(=O)Nc3ccncc3)C2)nc2ccccc21. The number of pyridine rings is 1. The molecule has 2 aromatic heterocycles. The molecule has 0 saturated carbocycles. The van der Waals surface area contributed by atoms with Crippen molar-refractivity contribution in [1.82, 2.24) is 19.4 Å². The molecule has 134 valence electrons. The smallest absolute Gasteiger partial charge is 0.228 e. The standard InChI is InChI=1S/C20H23N5O/c1-24-18-7-3-2-6-17(18)23-19(24)14-25-12-4-5-15(13-25)20(26)22-16-8-10-21-11-9-16/h2-3,6-11,15H,4-5,12-14H2,1H3,(H,21,22,26)/t15-/m1/s1. The van der Waals surface area contributed by atoms with Crippen molar-refractivity contribution in [2.24, 2.45) is 13.0 Å². The van der Waals surface area contributed by atoms with E-state index in [1.807, 2.05) is 30.3 Å². The second kappa shape index (κ2) is 7.25. The first-order chi connectivity index (χ1) is 12.7. The van der Waals surface area contributed by atoms with E-state index in [1.165, 1.54) is 0 Å². The Morgan fingerprint density at radius 2 is 2.04 bits per heavy atom. The van der Waals surface area contributed by atoms with Gasteiger partial charge in [0.2, 0.25) is 5.91 Å². The Kier molecular flexibility index (Phi) is 4.67. The van der Waals surface area contributed by atoms with Gasteiger partial charge in [-0.25, -0.2) is 4.98 Å². The average molecular weight is 349 g/mol. The first-order valence-electron chi connectivity index (χ1n) is 9.04. The summed E-state index contributed by atoms with van der Waals surface area (Å²) in [6.07, 6.45) is 5.33. The molecule has 1 aromatic carbocycles. The van der Waals surface area contributed by atoms with Crippen LogP contribution in [0, 0.1) is 5.92 Å². The van der Waals surface area contributed by atoms with E-state index in [1.54, 1.807) is 12.4 Å². The molecular formula is C20H23N5O. The third-order valence-electron chi connectivity index (χ3n) is 5.07. The van der Waals surface area contributed by atoms with Gasteiger partial charge in [-0.1, -0.05) is 12.1 Å². The molecule has 0 unspecified atom stereocenters. The van der Waals surface area contributed by atoms with Crippen molar-refractivity contribution in [2.45, 2.75) is 19.4 Å². The minimum Gasteiger partial charge on any atom is -0.330 e. The van der Waals surface area contributed by atoms with Gasteiger partial charge in [-0.05, 0) is 43.7 Å². The molecule has 1 aliphatic rings. The molecule has 0 radical (unpaired) electrons. The summed E-state index contributed by atoms with van der Waals surface area (Å²) >= 11 is 0. The molecule has 0 spiro atoms. The zero-order chi connectivity index (χ0) is 17.9. The lowest BCUT2D eigenvalue weighted by molar-refractivity contribution is -0.121. The highest BCUT2D eigenvalue weighted by Crippen LogP contribution is 2.22. The number of carbonyl (C=O) groups is 1. The van der Waals surface area contributed by atoms with Gasteiger partial charge in [0.15, 0.2) is 0 Å². The molecular weight excluding hydrogens is 326 g/mol. The summed E-state index contributed by atoms with van der Waals surface area (Å²) in [5.74, 6) is 1.14. The molecule has 1 atom stereocenters. The van der Waals surface area contributed by atoms with E-state index in [-0.39, 0.29) is 11.8 Å². The Labute approximate surface area is 152 Å². The number of aromatic nitrogens is 3. The molecule has 1 N–H and O–H groups in total. The number of imidazole rings is 1. The summed E-state index contributed by atoms with van der Waals surface area (Å²) in [7, 11) is 2.06. The van der Waals surface area contributed by atoms with Gasteiger partial charge in [0.25, 0.3) is 0 Å². The first-order valence-corrected chi connectivity index (χ1v) is 9.04. The van der Waals surface area contributed by atoms with Crippen molar-refractivity contribution in [3.05, 3.63) is 54.6 Å². The van der Waals surface area contributed by atoms with E-state index in [9.17, 15) is 4.79 Å². The van der Waals surface area contributed by atoms with Crippen molar-refractivity contribution >= 4 is 22.6 Å². The Bertz CT molecular complexity index is 905. The van der Waals surface area contributed by atoms with Crippen LogP contribution >= 0.6 is 0 Å². The lowest BCUT2D eigenvalue weighted by atomic mass is 9.97. The second-order valence-electron chi connectivity index (χ2n) is 6.88. The topological polar surface area (TPSA) is 63.1 Å². The van der Waals surface area contributed by atoms with Crippen LogP contribution < -0.4 is 5.32 Å². The highest BCUT2D eigenvalue weighted by molar-refractivity contribution is 5.92.